The van der Waals surface area contributed by atoms with Gasteiger partial charge in [-0.3, -0.25) is 4.79 Å². The van der Waals surface area contributed by atoms with Crippen molar-refractivity contribution in [2.24, 2.45) is 11.8 Å². The van der Waals surface area contributed by atoms with Crippen LogP contribution in [0, 0.1) is 11.8 Å². The molecule has 3 aliphatic rings. The molecule has 0 saturated heterocycles. The first-order valence-corrected chi connectivity index (χ1v) is 13.8. The normalized spacial score (nSPS) is 25.3. The Bertz CT molecular complexity index is 1290. The molecule has 2 unspecified atom stereocenters. The molecule has 4 atom stereocenters. The number of rotatable bonds is 8. The first kappa shape index (κ1) is 28.9. The standard InChI is InChI=1S/C33H42O6/c1-19(2)10-9-14-33(7)15-13-22-27(35)26-28(36)24-16-21(18-34)17-25(32(5,6)37-8)30(24)38-31(26)23(29(22)39-33)12-11-20(3)4/h10-11,13,15-16,18,21,25,30,35H,9,12,14,17H2,1-8H3/t21?,25-,30?,33+/m0/s1. The van der Waals surface area contributed by atoms with E-state index in [1.165, 1.54) is 5.57 Å². The largest absolute Gasteiger partial charge is 0.506 e. The number of methoxy groups -OCH3 is 1. The van der Waals surface area contributed by atoms with Crippen LogP contribution in [0.1, 0.15) is 89.2 Å². The van der Waals surface area contributed by atoms with Crippen LogP contribution in [-0.4, -0.2) is 41.6 Å². The Hall–Kier alpha value is -3.12. The van der Waals surface area contributed by atoms with Gasteiger partial charge in [0.2, 0.25) is 0 Å². The predicted octanol–water partition coefficient (Wildman–Crippen LogP) is 6.94. The third-order valence-corrected chi connectivity index (χ3v) is 8.28. The van der Waals surface area contributed by atoms with Crippen LogP contribution in [0.3, 0.4) is 0 Å². The number of aromatic hydroxyl groups is 1. The van der Waals surface area contributed by atoms with E-state index in [4.69, 9.17) is 14.2 Å². The quantitative estimate of drug-likeness (QED) is 0.287. The van der Waals surface area contributed by atoms with Crippen molar-refractivity contribution in [3.05, 3.63) is 57.7 Å². The zero-order valence-electron chi connectivity index (χ0n) is 24.5. The number of carbonyl (C=O) groups is 2. The third kappa shape index (κ3) is 5.49. The van der Waals surface area contributed by atoms with Crippen LogP contribution < -0.4 is 9.47 Å². The van der Waals surface area contributed by atoms with E-state index in [2.05, 4.69) is 26.0 Å². The number of ketones is 1. The SMILES string of the molecule is COC(C)(C)[C@H]1CC(C=O)C=C2C(=O)c3c(O)c4c(c(CC=C(C)C)c3OC21)O[C@](C)(CCC=C(C)C)C=C4. The van der Waals surface area contributed by atoms with Crippen LogP contribution in [0.5, 0.6) is 17.2 Å². The van der Waals surface area contributed by atoms with E-state index < -0.39 is 23.2 Å². The summed E-state index contributed by atoms with van der Waals surface area (Å²) in [6, 6.07) is 0. The number of phenols is 1. The van der Waals surface area contributed by atoms with Crippen LogP contribution >= 0.6 is 0 Å². The van der Waals surface area contributed by atoms with E-state index in [1.54, 1.807) is 13.2 Å². The second-order valence-electron chi connectivity index (χ2n) is 12.3. The topological polar surface area (TPSA) is 82.1 Å². The Morgan fingerprint density at radius 1 is 1.18 bits per heavy atom. The minimum atomic E-state index is -0.651. The number of carbonyl (C=O) groups excluding carboxylic acids is 2. The molecule has 1 aromatic carbocycles. The first-order valence-electron chi connectivity index (χ1n) is 13.8. The Kier molecular flexibility index (Phi) is 8.00. The maximum Gasteiger partial charge on any atom is 0.199 e. The first-order chi connectivity index (χ1) is 18.3. The van der Waals surface area contributed by atoms with E-state index >= 15 is 0 Å². The van der Waals surface area contributed by atoms with Gasteiger partial charge in [0.15, 0.2) is 5.78 Å². The Labute approximate surface area is 232 Å². The molecule has 1 aromatic rings. The molecule has 0 spiro atoms. The van der Waals surface area contributed by atoms with Crippen LogP contribution in [0.2, 0.25) is 0 Å². The molecule has 1 N–H and O–H groups in total. The number of allylic oxidation sites excluding steroid dienone is 5. The van der Waals surface area contributed by atoms with Gasteiger partial charge in [-0.25, -0.2) is 0 Å². The number of hydrogen-bond donors (Lipinski definition) is 1. The van der Waals surface area contributed by atoms with Crippen molar-refractivity contribution in [3.63, 3.8) is 0 Å². The molecular weight excluding hydrogens is 492 g/mol. The van der Waals surface area contributed by atoms with Gasteiger partial charge < -0.3 is 24.1 Å². The molecular formula is C33H42O6. The summed E-state index contributed by atoms with van der Waals surface area (Å²) in [5.41, 5.74) is 2.91. The molecule has 0 saturated carbocycles. The zero-order valence-corrected chi connectivity index (χ0v) is 24.5. The summed E-state index contributed by atoms with van der Waals surface area (Å²) in [6.07, 6.45) is 12.7. The van der Waals surface area contributed by atoms with Gasteiger partial charge in [0.05, 0.1) is 11.2 Å². The van der Waals surface area contributed by atoms with Crippen molar-refractivity contribution < 1.29 is 28.9 Å². The maximum atomic E-state index is 14.1. The lowest BCUT2D eigenvalue weighted by molar-refractivity contribution is -0.113. The average molecular weight is 535 g/mol. The summed E-state index contributed by atoms with van der Waals surface area (Å²) in [4.78, 5) is 25.9. The zero-order chi connectivity index (χ0) is 28.7. The average Bonchev–Trinajstić information content (AvgIpc) is 2.87. The molecule has 0 amide bonds. The van der Waals surface area contributed by atoms with Crippen molar-refractivity contribution in [3.8, 4) is 17.2 Å². The van der Waals surface area contributed by atoms with Gasteiger partial charge >= 0.3 is 0 Å². The lowest BCUT2D eigenvalue weighted by Gasteiger charge is -2.45. The van der Waals surface area contributed by atoms with Gasteiger partial charge in [0.25, 0.3) is 0 Å². The van der Waals surface area contributed by atoms with Crippen molar-refractivity contribution in [2.75, 3.05) is 7.11 Å². The van der Waals surface area contributed by atoms with E-state index in [1.807, 2.05) is 46.8 Å². The molecule has 6 nitrogen and oxygen atoms in total. The van der Waals surface area contributed by atoms with Crippen molar-refractivity contribution in [1.29, 1.82) is 0 Å². The van der Waals surface area contributed by atoms with Gasteiger partial charge in [-0.15, -0.1) is 0 Å². The van der Waals surface area contributed by atoms with Crippen molar-refractivity contribution in [2.45, 2.75) is 91.5 Å². The number of aldehydes is 1. The molecule has 0 bridgehead atoms. The molecule has 0 aromatic heterocycles. The Morgan fingerprint density at radius 2 is 1.87 bits per heavy atom. The van der Waals surface area contributed by atoms with Gasteiger partial charge in [-0.1, -0.05) is 29.4 Å². The second kappa shape index (κ2) is 10.8. The van der Waals surface area contributed by atoms with Gasteiger partial charge in [0.1, 0.15) is 40.8 Å². The van der Waals surface area contributed by atoms with Gasteiger partial charge in [0, 0.05) is 30.1 Å². The highest BCUT2D eigenvalue weighted by atomic mass is 16.5. The number of phenolic OH excluding ortho intramolecular Hbond substituents is 1. The molecule has 4 rings (SSSR count). The smallest absolute Gasteiger partial charge is 0.199 e. The molecule has 0 fully saturated rings. The van der Waals surface area contributed by atoms with Crippen LogP contribution in [0.25, 0.3) is 6.08 Å². The van der Waals surface area contributed by atoms with E-state index in [-0.39, 0.29) is 23.0 Å². The van der Waals surface area contributed by atoms with Crippen molar-refractivity contribution in [1.82, 2.24) is 0 Å². The number of Topliss-reactive ketones (excluding diaryl/α,β-unsaturated/α-hetero) is 1. The summed E-state index contributed by atoms with van der Waals surface area (Å²) in [6.45, 7) is 14.1. The third-order valence-electron chi connectivity index (χ3n) is 8.28. The van der Waals surface area contributed by atoms with E-state index in [0.29, 0.717) is 35.5 Å². The lowest BCUT2D eigenvalue weighted by atomic mass is 9.70. The van der Waals surface area contributed by atoms with Crippen LogP contribution in [0.4, 0.5) is 0 Å². The highest BCUT2D eigenvalue weighted by Crippen LogP contribution is 2.53. The van der Waals surface area contributed by atoms with Gasteiger partial charge in [-0.05, 0) is 86.3 Å². The summed E-state index contributed by atoms with van der Waals surface area (Å²) < 4.78 is 19.2. The lowest BCUT2D eigenvalue weighted by Crippen LogP contribution is -2.50. The minimum Gasteiger partial charge on any atom is -0.506 e. The molecule has 2 aliphatic heterocycles. The Morgan fingerprint density at radius 3 is 2.49 bits per heavy atom. The molecule has 1 aliphatic carbocycles. The monoisotopic (exact) mass is 534 g/mol. The molecule has 39 heavy (non-hydrogen) atoms. The fourth-order valence-corrected chi connectivity index (χ4v) is 5.72. The summed E-state index contributed by atoms with van der Waals surface area (Å²) in [5.74, 6) is -0.231. The summed E-state index contributed by atoms with van der Waals surface area (Å²) >= 11 is 0. The predicted molar refractivity (Wildman–Crippen MR) is 154 cm³/mol. The maximum absolute atomic E-state index is 14.1. The van der Waals surface area contributed by atoms with Crippen LogP contribution in [-0.2, 0) is 16.0 Å². The summed E-state index contributed by atoms with van der Waals surface area (Å²) in [5, 5.41) is 11.5. The number of hydrogen-bond acceptors (Lipinski definition) is 6. The van der Waals surface area contributed by atoms with E-state index in [9.17, 15) is 14.7 Å². The highest BCUT2D eigenvalue weighted by molar-refractivity contribution is 6.15. The van der Waals surface area contributed by atoms with Crippen LogP contribution in [0.15, 0.2) is 41.0 Å². The van der Waals surface area contributed by atoms with E-state index in [0.717, 1.165) is 30.3 Å². The Balaban J connectivity index is 1.90. The van der Waals surface area contributed by atoms with Crippen molar-refractivity contribution >= 4 is 18.1 Å². The number of ether oxygens (including phenoxy) is 3. The molecule has 2 heterocycles. The fourth-order valence-electron chi connectivity index (χ4n) is 5.72. The molecule has 210 valence electrons. The molecule has 0 radical (unpaired) electrons. The number of benzene rings is 1. The summed E-state index contributed by atoms with van der Waals surface area (Å²) in [7, 11) is 1.63. The fraction of sp³-hybridized carbons (Fsp3) is 0.515. The molecule has 6 heteroatoms. The number of fused-ring (bicyclic) bond motifs is 3. The highest BCUT2D eigenvalue weighted by Gasteiger charge is 2.49. The minimum absolute atomic E-state index is 0.135. The van der Waals surface area contributed by atoms with Gasteiger partial charge in [-0.2, -0.15) is 0 Å². The second-order valence-corrected chi connectivity index (χ2v) is 12.3.